The lowest BCUT2D eigenvalue weighted by molar-refractivity contribution is -0.139. The third-order valence-electron chi connectivity index (χ3n) is 5.66. The molecule has 3 aromatic rings. The van der Waals surface area contributed by atoms with Gasteiger partial charge in [0.25, 0.3) is 0 Å². The molecule has 0 bridgehead atoms. The lowest BCUT2D eigenvalue weighted by Crippen LogP contribution is -2.29. The number of alkyl halides is 3. The molecule has 200 valence electrons. The van der Waals surface area contributed by atoms with E-state index in [1.54, 1.807) is 43.3 Å². The first-order valence-corrected chi connectivity index (χ1v) is 12.7. The molecule has 2 heterocycles. The summed E-state index contributed by atoms with van der Waals surface area (Å²) in [5.74, 6) is -2.04. The van der Waals surface area contributed by atoms with Crippen LogP contribution in [0, 0.1) is 11.3 Å². The van der Waals surface area contributed by atoms with Gasteiger partial charge in [0.1, 0.15) is 5.76 Å². The number of nitriles is 1. The second-order valence-corrected chi connectivity index (χ2v) is 9.20. The highest BCUT2D eigenvalue weighted by Crippen LogP contribution is 2.43. The maximum absolute atomic E-state index is 13.2. The van der Waals surface area contributed by atoms with Gasteiger partial charge in [-0.05, 0) is 42.8 Å². The first kappa shape index (κ1) is 27.6. The summed E-state index contributed by atoms with van der Waals surface area (Å²) in [4.78, 5) is 25.9. The Morgan fingerprint density at radius 3 is 2.54 bits per heavy atom. The molecule has 0 aliphatic carbocycles. The average Bonchev–Trinajstić information content (AvgIpc) is 3.46. The number of benzene rings is 2. The van der Waals surface area contributed by atoms with Crippen molar-refractivity contribution in [3.05, 3.63) is 106 Å². The first-order chi connectivity index (χ1) is 18.7. The molecular weight excluding hydrogens is 531 g/mol. The second-order valence-electron chi connectivity index (χ2n) is 8.22. The molecule has 1 aliphatic rings. The topological polar surface area (TPSA) is 104 Å². The Balaban J connectivity index is 1.67. The Labute approximate surface area is 226 Å². The molecule has 2 N–H and O–H groups in total. The lowest BCUT2D eigenvalue weighted by Gasteiger charge is -2.29. The number of thioether (sulfide) groups is 1. The summed E-state index contributed by atoms with van der Waals surface area (Å²) in [6.45, 7) is 1.78. The Bertz CT molecular complexity index is 1460. The largest absolute Gasteiger partial charge is 0.468 e. The van der Waals surface area contributed by atoms with E-state index >= 15 is 0 Å². The fraction of sp³-hybridized carbons (Fsp3) is 0.179. The molecule has 0 saturated carbocycles. The van der Waals surface area contributed by atoms with Crippen LogP contribution in [0.25, 0.3) is 5.70 Å². The molecule has 7 nitrogen and oxygen atoms in total. The van der Waals surface area contributed by atoms with Gasteiger partial charge in [-0.15, -0.1) is 0 Å². The second kappa shape index (κ2) is 12.0. The molecule has 0 spiro atoms. The number of carbonyl (C=O) groups excluding carboxylic acids is 2. The van der Waals surface area contributed by atoms with Crippen LogP contribution in [-0.2, 0) is 20.5 Å². The number of carbonyl (C=O) groups is 2. The third-order valence-corrected chi connectivity index (χ3v) is 6.67. The number of esters is 1. The van der Waals surface area contributed by atoms with Gasteiger partial charge in [-0.25, -0.2) is 4.79 Å². The number of hydrogen-bond acceptors (Lipinski definition) is 7. The highest BCUT2D eigenvalue weighted by Gasteiger charge is 2.39. The third kappa shape index (κ3) is 6.35. The van der Waals surface area contributed by atoms with E-state index in [0.29, 0.717) is 22.0 Å². The van der Waals surface area contributed by atoms with Gasteiger partial charge in [0.05, 0.1) is 58.0 Å². The van der Waals surface area contributed by atoms with E-state index in [1.165, 1.54) is 18.4 Å². The minimum absolute atomic E-state index is 0.00977. The summed E-state index contributed by atoms with van der Waals surface area (Å²) in [7, 11) is 0. The van der Waals surface area contributed by atoms with Crippen LogP contribution >= 0.6 is 11.8 Å². The number of halogens is 3. The van der Waals surface area contributed by atoms with Crippen LogP contribution in [0.3, 0.4) is 0 Å². The number of allylic oxidation sites excluding steroid dienone is 1. The zero-order chi connectivity index (χ0) is 28.0. The number of amides is 1. The van der Waals surface area contributed by atoms with Crippen LogP contribution < -0.4 is 10.6 Å². The van der Waals surface area contributed by atoms with Gasteiger partial charge in [-0.1, -0.05) is 48.2 Å². The van der Waals surface area contributed by atoms with Gasteiger partial charge in [-0.3, -0.25) is 4.79 Å². The Morgan fingerprint density at radius 2 is 1.90 bits per heavy atom. The van der Waals surface area contributed by atoms with E-state index < -0.39 is 29.5 Å². The van der Waals surface area contributed by atoms with E-state index in [-0.39, 0.29) is 29.2 Å². The smallest absolute Gasteiger partial charge is 0.416 e. The quantitative estimate of drug-likeness (QED) is 0.327. The van der Waals surface area contributed by atoms with Crippen molar-refractivity contribution in [1.82, 2.24) is 5.32 Å². The monoisotopic (exact) mass is 553 g/mol. The summed E-state index contributed by atoms with van der Waals surface area (Å²) in [5, 5.41) is 16.0. The molecule has 11 heteroatoms. The summed E-state index contributed by atoms with van der Waals surface area (Å²) < 4.78 is 50.0. The van der Waals surface area contributed by atoms with Crippen molar-refractivity contribution in [2.45, 2.75) is 19.0 Å². The van der Waals surface area contributed by atoms with Crippen LogP contribution in [0.5, 0.6) is 0 Å². The predicted molar refractivity (Wildman–Crippen MR) is 140 cm³/mol. The lowest BCUT2D eigenvalue weighted by atomic mass is 9.84. The molecule has 1 atom stereocenters. The minimum atomic E-state index is -4.55. The molecular formula is C28H22F3N3O4S. The summed E-state index contributed by atoms with van der Waals surface area (Å²) in [6, 6.07) is 18.6. The zero-order valence-corrected chi connectivity index (χ0v) is 21.4. The SMILES string of the molecule is CCOC(=O)C1=C(c2ccccc2)NC(SCC(=O)Nc2cccc(C(F)(F)F)c2)=C(C#N)C1c1ccco1. The van der Waals surface area contributed by atoms with Crippen molar-refractivity contribution in [3.63, 3.8) is 0 Å². The number of dihydropyridines is 1. The number of nitrogens with zero attached hydrogens (tertiary/aromatic N) is 1. The summed E-state index contributed by atoms with van der Waals surface area (Å²) in [6.07, 6.45) is -3.13. The van der Waals surface area contributed by atoms with Crippen LogP contribution in [0.1, 0.15) is 29.7 Å². The number of ether oxygens (including phenoxy) is 1. The zero-order valence-electron chi connectivity index (χ0n) is 20.5. The number of hydrogen-bond donors (Lipinski definition) is 2. The molecule has 0 radical (unpaired) electrons. The highest BCUT2D eigenvalue weighted by atomic mass is 32.2. The van der Waals surface area contributed by atoms with Crippen LogP contribution in [0.15, 0.2) is 93.6 Å². The van der Waals surface area contributed by atoms with E-state index in [4.69, 9.17) is 9.15 Å². The van der Waals surface area contributed by atoms with Gasteiger partial charge < -0.3 is 19.8 Å². The Kier molecular flexibility index (Phi) is 8.46. The Hall–Kier alpha value is -4.43. The van der Waals surface area contributed by atoms with E-state index in [0.717, 1.165) is 23.9 Å². The van der Waals surface area contributed by atoms with Gasteiger partial charge in [-0.2, -0.15) is 18.4 Å². The van der Waals surface area contributed by atoms with E-state index in [9.17, 15) is 28.0 Å². The molecule has 0 fully saturated rings. The van der Waals surface area contributed by atoms with Crippen molar-refractivity contribution in [2.75, 3.05) is 17.7 Å². The fourth-order valence-corrected chi connectivity index (χ4v) is 4.85. The number of rotatable bonds is 8. The minimum Gasteiger partial charge on any atom is -0.468 e. The van der Waals surface area contributed by atoms with Crippen molar-refractivity contribution >= 4 is 35.0 Å². The average molecular weight is 554 g/mol. The molecule has 0 saturated heterocycles. The van der Waals surface area contributed by atoms with Crippen LogP contribution in [0.2, 0.25) is 0 Å². The van der Waals surface area contributed by atoms with Gasteiger partial charge in [0.2, 0.25) is 5.91 Å². The van der Waals surface area contributed by atoms with Gasteiger partial charge >= 0.3 is 12.1 Å². The van der Waals surface area contributed by atoms with Gasteiger partial charge in [0.15, 0.2) is 0 Å². The van der Waals surface area contributed by atoms with Crippen LogP contribution in [0.4, 0.5) is 18.9 Å². The van der Waals surface area contributed by atoms with Crippen molar-refractivity contribution in [3.8, 4) is 6.07 Å². The van der Waals surface area contributed by atoms with Crippen molar-refractivity contribution in [1.29, 1.82) is 5.26 Å². The molecule has 2 aromatic carbocycles. The predicted octanol–water partition coefficient (Wildman–Crippen LogP) is 6.07. The summed E-state index contributed by atoms with van der Waals surface area (Å²) >= 11 is 0.977. The molecule has 1 aromatic heterocycles. The molecule has 1 amide bonds. The standard InChI is InChI=1S/C28H22F3N3O4S/c1-2-37-27(36)24-23(21-12-7-13-38-21)20(15-32)26(34-25(24)17-8-4-3-5-9-17)39-16-22(35)33-19-11-6-10-18(14-19)28(29,30)31/h3-14,23,34H,2,16H2,1H3,(H,33,35). The van der Waals surface area contributed by atoms with Crippen molar-refractivity contribution < 1.29 is 31.9 Å². The molecule has 1 aliphatic heterocycles. The van der Waals surface area contributed by atoms with E-state index in [2.05, 4.69) is 16.7 Å². The maximum atomic E-state index is 13.2. The molecule has 39 heavy (non-hydrogen) atoms. The van der Waals surface area contributed by atoms with Crippen LogP contribution in [-0.4, -0.2) is 24.2 Å². The molecule has 1 unspecified atom stereocenters. The fourth-order valence-electron chi connectivity index (χ4n) is 4.01. The number of nitrogens with one attached hydrogen (secondary N) is 2. The number of furan rings is 1. The van der Waals surface area contributed by atoms with Gasteiger partial charge in [0, 0.05) is 5.69 Å². The maximum Gasteiger partial charge on any atom is 0.416 e. The number of anilines is 1. The van der Waals surface area contributed by atoms with E-state index in [1.807, 2.05) is 6.07 Å². The first-order valence-electron chi connectivity index (χ1n) is 11.7. The Morgan fingerprint density at radius 1 is 1.13 bits per heavy atom. The molecule has 4 rings (SSSR count). The summed E-state index contributed by atoms with van der Waals surface area (Å²) in [5.41, 5.74) is 0.430. The normalized spacial score (nSPS) is 15.4. The highest BCUT2D eigenvalue weighted by molar-refractivity contribution is 8.03. The van der Waals surface area contributed by atoms with Crippen molar-refractivity contribution in [2.24, 2.45) is 0 Å².